The molecular weight excluding hydrogens is 378 g/mol. The smallest absolute Gasteiger partial charge is 0.232 e. The lowest BCUT2D eigenvalue weighted by atomic mass is 10.0. The summed E-state index contributed by atoms with van der Waals surface area (Å²) in [5.41, 5.74) is 5.50. The zero-order valence-corrected chi connectivity index (χ0v) is 17.5. The molecule has 0 amide bonds. The normalized spacial score (nSPS) is 11.0. The summed E-state index contributed by atoms with van der Waals surface area (Å²) < 4.78 is 18.5. The molecule has 0 aliphatic carbocycles. The lowest BCUT2D eigenvalue weighted by Gasteiger charge is -2.08. The van der Waals surface area contributed by atoms with Crippen molar-refractivity contribution in [1.29, 1.82) is 0 Å². The van der Waals surface area contributed by atoms with Crippen LogP contribution in [0, 0.1) is 6.92 Å². The van der Waals surface area contributed by atoms with Gasteiger partial charge in [-0.3, -0.25) is 0 Å². The fourth-order valence-corrected chi connectivity index (χ4v) is 3.25. The van der Waals surface area contributed by atoms with Crippen LogP contribution in [-0.2, 0) is 17.8 Å². The molecule has 4 rings (SSSR count). The van der Waals surface area contributed by atoms with Gasteiger partial charge in [-0.25, -0.2) is 9.67 Å². The highest BCUT2D eigenvalue weighted by molar-refractivity contribution is 5.58. The van der Waals surface area contributed by atoms with E-state index >= 15 is 0 Å². The zero-order valence-electron chi connectivity index (χ0n) is 17.5. The Morgan fingerprint density at radius 1 is 1.07 bits per heavy atom. The van der Waals surface area contributed by atoms with Crippen LogP contribution >= 0.6 is 0 Å². The fraction of sp³-hybridized carbons (Fsp3) is 0.250. The molecule has 0 bridgehead atoms. The van der Waals surface area contributed by atoms with E-state index in [4.69, 9.17) is 13.9 Å². The molecule has 30 heavy (non-hydrogen) atoms. The molecule has 0 atom stereocenters. The van der Waals surface area contributed by atoms with Crippen LogP contribution in [-0.4, -0.2) is 28.5 Å². The van der Waals surface area contributed by atoms with Gasteiger partial charge in [-0.15, -0.1) is 5.10 Å². The SMILES string of the molecule is CCOCc1ccc(C)c(Cc2ncc(-c3ccc(-n4ccc(OC)n4)cc3)o2)c1. The Labute approximate surface area is 176 Å². The minimum absolute atomic E-state index is 0.583. The molecule has 0 unspecified atom stereocenters. The Hall–Kier alpha value is -3.38. The van der Waals surface area contributed by atoms with Gasteiger partial charge < -0.3 is 13.9 Å². The van der Waals surface area contributed by atoms with Gasteiger partial charge in [0.05, 0.1) is 25.6 Å². The summed E-state index contributed by atoms with van der Waals surface area (Å²) in [5.74, 6) is 2.03. The molecule has 0 radical (unpaired) electrons. The van der Waals surface area contributed by atoms with E-state index in [1.165, 1.54) is 11.1 Å². The highest BCUT2D eigenvalue weighted by Crippen LogP contribution is 2.24. The highest BCUT2D eigenvalue weighted by atomic mass is 16.5. The number of oxazole rings is 1. The van der Waals surface area contributed by atoms with Crippen LogP contribution < -0.4 is 4.74 Å². The van der Waals surface area contributed by atoms with Crippen LogP contribution in [0.4, 0.5) is 0 Å². The number of hydrogen-bond donors (Lipinski definition) is 0. The minimum atomic E-state index is 0.583. The van der Waals surface area contributed by atoms with Crippen LogP contribution in [0.3, 0.4) is 0 Å². The predicted molar refractivity (Wildman–Crippen MR) is 115 cm³/mol. The first-order valence-electron chi connectivity index (χ1n) is 9.97. The van der Waals surface area contributed by atoms with E-state index in [0.717, 1.165) is 22.6 Å². The van der Waals surface area contributed by atoms with E-state index in [0.29, 0.717) is 31.4 Å². The van der Waals surface area contributed by atoms with Crippen LogP contribution in [0.15, 0.2) is 65.3 Å². The van der Waals surface area contributed by atoms with Crippen LogP contribution in [0.25, 0.3) is 17.0 Å². The molecule has 0 N–H and O–H groups in total. The summed E-state index contributed by atoms with van der Waals surface area (Å²) >= 11 is 0. The molecule has 4 aromatic rings. The predicted octanol–water partition coefficient (Wildman–Crippen LogP) is 4.97. The number of rotatable bonds is 8. The first kappa shape index (κ1) is 19.9. The Morgan fingerprint density at radius 3 is 2.63 bits per heavy atom. The second-order valence-corrected chi connectivity index (χ2v) is 7.04. The van der Waals surface area contributed by atoms with Gasteiger partial charge in [0.15, 0.2) is 11.7 Å². The Kier molecular flexibility index (Phi) is 5.95. The van der Waals surface area contributed by atoms with Crippen molar-refractivity contribution < 1.29 is 13.9 Å². The van der Waals surface area contributed by atoms with Gasteiger partial charge in [0.25, 0.3) is 0 Å². The van der Waals surface area contributed by atoms with Crippen molar-refractivity contribution in [1.82, 2.24) is 14.8 Å². The number of hydrogen-bond acceptors (Lipinski definition) is 5. The third-order valence-corrected chi connectivity index (χ3v) is 4.97. The summed E-state index contributed by atoms with van der Waals surface area (Å²) in [7, 11) is 1.61. The van der Waals surface area contributed by atoms with E-state index in [9.17, 15) is 0 Å². The molecule has 0 fully saturated rings. The summed E-state index contributed by atoms with van der Waals surface area (Å²) in [6, 6.07) is 16.2. The van der Waals surface area contributed by atoms with E-state index in [1.54, 1.807) is 18.0 Å². The van der Waals surface area contributed by atoms with E-state index < -0.39 is 0 Å². The van der Waals surface area contributed by atoms with Crippen molar-refractivity contribution in [3.8, 4) is 22.9 Å². The topological polar surface area (TPSA) is 62.3 Å². The van der Waals surface area contributed by atoms with Crippen molar-refractivity contribution >= 4 is 0 Å². The number of benzene rings is 2. The van der Waals surface area contributed by atoms with Gasteiger partial charge in [0.2, 0.25) is 5.88 Å². The second kappa shape index (κ2) is 8.97. The monoisotopic (exact) mass is 403 g/mol. The fourth-order valence-electron chi connectivity index (χ4n) is 3.25. The maximum Gasteiger partial charge on any atom is 0.232 e. The summed E-state index contributed by atoms with van der Waals surface area (Å²) in [6.07, 6.45) is 4.29. The molecule has 0 saturated carbocycles. The Balaban J connectivity index is 1.49. The van der Waals surface area contributed by atoms with Gasteiger partial charge >= 0.3 is 0 Å². The van der Waals surface area contributed by atoms with Crippen molar-refractivity contribution in [3.63, 3.8) is 0 Å². The molecule has 0 saturated heterocycles. The molecule has 6 nitrogen and oxygen atoms in total. The maximum atomic E-state index is 6.03. The lowest BCUT2D eigenvalue weighted by molar-refractivity contribution is 0.134. The molecule has 154 valence electrons. The van der Waals surface area contributed by atoms with Gasteiger partial charge in [-0.2, -0.15) is 0 Å². The van der Waals surface area contributed by atoms with Gasteiger partial charge in [-0.1, -0.05) is 18.2 Å². The van der Waals surface area contributed by atoms with Crippen molar-refractivity contribution in [2.45, 2.75) is 26.9 Å². The van der Waals surface area contributed by atoms with Gasteiger partial charge in [0.1, 0.15) is 0 Å². The first-order valence-corrected chi connectivity index (χ1v) is 9.97. The first-order chi connectivity index (χ1) is 14.7. The summed E-state index contributed by atoms with van der Waals surface area (Å²) in [4.78, 5) is 4.48. The molecule has 0 aliphatic heterocycles. The van der Waals surface area contributed by atoms with E-state index in [-0.39, 0.29) is 0 Å². The van der Waals surface area contributed by atoms with Crippen molar-refractivity contribution in [2.75, 3.05) is 13.7 Å². The molecule has 2 aromatic carbocycles. The number of aromatic nitrogens is 3. The van der Waals surface area contributed by atoms with Crippen LogP contribution in [0.1, 0.15) is 29.5 Å². The third kappa shape index (κ3) is 4.44. The van der Waals surface area contributed by atoms with Crippen molar-refractivity contribution in [3.05, 3.63) is 83.5 Å². The standard InChI is InChI=1S/C24H25N3O3/c1-4-29-16-18-6-5-17(2)20(13-18)14-24-25-15-22(30-24)19-7-9-21(10-8-19)27-12-11-23(26-27)28-3/h5-13,15H,4,14,16H2,1-3H3. The molecule has 2 heterocycles. The molecule has 6 heteroatoms. The van der Waals surface area contributed by atoms with E-state index in [2.05, 4.69) is 35.2 Å². The summed E-state index contributed by atoms with van der Waals surface area (Å²) in [5, 5.41) is 4.34. The quantitative estimate of drug-likeness (QED) is 0.416. The van der Waals surface area contributed by atoms with Gasteiger partial charge in [-0.05, 0) is 54.8 Å². The largest absolute Gasteiger partial charge is 0.480 e. The van der Waals surface area contributed by atoms with Crippen molar-refractivity contribution in [2.24, 2.45) is 0 Å². The molecule has 0 aliphatic rings. The second-order valence-electron chi connectivity index (χ2n) is 7.04. The molecule has 0 spiro atoms. The average molecular weight is 403 g/mol. The number of ether oxygens (including phenoxy) is 2. The zero-order chi connectivity index (χ0) is 20.9. The lowest BCUT2D eigenvalue weighted by Crippen LogP contribution is -1.97. The minimum Gasteiger partial charge on any atom is -0.480 e. The maximum absolute atomic E-state index is 6.03. The Morgan fingerprint density at radius 2 is 1.90 bits per heavy atom. The Bertz CT molecular complexity index is 1110. The number of nitrogens with zero attached hydrogens (tertiary/aromatic N) is 3. The van der Waals surface area contributed by atoms with E-state index in [1.807, 2.05) is 43.5 Å². The number of aryl methyl sites for hydroxylation is 1. The summed E-state index contributed by atoms with van der Waals surface area (Å²) in [6.45, 7) is 5.43. The van der Waals surface area contributed by atoms with Gasteiger partial charge in [0, 0.05) is 30.9 Å². The molecule has 2 aromatic heterocycles. The average Bonchev–Trinajstić information content (AvgIpc) is 3.44. The highest BCUT2D eigenvalue weighted by Gasteiger charge is 2.10. The number of methoxy groups -OCH3 is 1. The molecular formula is C24H25N3O3. The van der Waals surface area contributed by atoms with Crippen LogP contribution in [0.5, 0.6) is 5.88 Å². The third-order valence-electron chi connectivity index (χ3n) is 4.97. The van der Waals surface area contributed by atoms with Crippen LogP contribution in [0.2, 0.25) is 0 Å².